The van der Waals surface area contributed by atoms with Gasteiger partial charge in [-0.2, -0.15) is 13.2 Å². The molecule has 15 heavy (non-hydrogen) atoms. The van der Waals surface area contributed by atoms with E-state index in [0.717, 1.165) is 13.8 Å². The molecule has 0 fully saturated rings. The first-order valence-corrected chi connectivity index (χ1v) is 4.08. The number of halogens is 4. The molecule has 0 radical (unpaired) electrons. The zero-order valence-electron chi connectivity index (χ0n) is 8.61. The van der Waals surface area contributed by atoms with E-state index in [1.807, 2.05) is 0 Å². The Morgan fingerprint density at radius 1 is 1.33 bits per heavy atom. The van der Waals surface area contributed by atoms with E-state index in [4.69, 9.17) is 0 Å². The Kier molecular flexibility index (Phi) is 3.90. The van der Waals surface area contributed by atoms with Gasteiger partial charge in [-0.05, 0) is 20.8 Å². The highest BCUT2D eigenvalue weighted by Gasteiger charge is 2.52. The third-order valence-corrected chi connectivity index (χ3v) is 1.60. The van der Waals surface area contributed by atoms with Crippen LogP contribution < -0.4 is 0 Å². The molecule has 0 rings (SSSR count). The van der Waals surface area contributed by atoms with Crippen molar-refractivity contribution in [2.24, 2.45) is 0 Å². The number of hydrogen-bond donors (Lipinski definition) is 0. The van der Waals surface area contributed by atoms with Crippen molar-refractivity contribution in [3.05, 3.63) is 12.2 Å². The maximum absolute atomic E-state index is 12.9. The molecule has 0 aliphatic rings. The molecule has 0 amide bonds. The molecule has 0 aliphatic carbocycles. The van der Waals surface area contributed by atoms with Crippen molar-refractivity contribution in [1.29, 1.82) is 0 Å². The predicted octanol–water partition coefficient (Wildman–Crippen LogP) is 2.78. The summed E-state index contributed by atoms with van der Waals surface area (Å²) in [6.07, 6.45) is -8.29. The van der Waals surface area contributed by atoms with Crippen LogP contribution in [0.15, 0.2) is 12.2 Å². The largest absolute Gasteiger partial charge is 0.453 e. The fourth-order valence-electron chi connectivity index (χ4n) is 0.772. The van der Waals surface area contributed by atoms with Crippen LogP contribution in [0.4, 0.5) is 17.6 Å². The minimum Gasteiger partial charge on any atom is -0.453 e. The summed E-state index contributed by atoms with van der Waals surface area (Å²) in [5, 5.41) is 0. The van der Waals surface area contributed by atoms with Gasteiger partial charge in [-0.1, -0.05) is 6.58 Å². The highest BCUT2D eigenvalue weighted by Crippen LogP contribution is 2.33. The summed E-state index contributed by atoms with van der Waals surface area (Å²) in [5.41, 5.74) is -2.34. The second-order valence-electron chi connectivity index (χ2n) is 3.68. The van der Waals surface area contributed by atoms with Gasteiger partial charge in [-0.3, -0.25) is 0 Å². The Labute approximate surface area is 84.9 Å². The first-order chi connectivity index (χ1) is 6.48. The van der Waals surface area contributed by atoms with Crippen LogP contribution in [0.2, 0.25) is 0 Å². The van der Waals surface area contributed by atoms with Crippen molar-refractivity contribution in [1.82, 2.24) is 0 Å². The number of carbonyl (C=O) groups excluding carboxylic acids is 1. The van der Waals surface area contributed by atoms with Gasteiger partial charge in [-0.25, -0.2) is 9.18 Å². The van der Waals surface area contributed by atoms with E-state index in [2.05, 4.69) is 11.3 Å². The van der Waals surface area contributed by atoms with Gasteiger partial charge in [0.15, 0.2) is 0 Å². The van der Waals surface area contributed by atoms with E-state index < -0.39 is 23.9 Å². The molecule has 1 unspecified atom stereocenters. The lowest BCUT2D eigenvalue weighted by atomic mass is 10.0. The van der Waals surface area contributed by atoms with E-state index in [0.29, 0.717) is 0 Å². The number of carbonyl (C=O) groups is 1. The Hall–Kier alpha value is -1.07. The van der Waals surface area contributed by atoms with E-state index in [1.54, 1.807) is 0 Å². The number of alkyl halides is 4. The van der Waals surface area contributed by atoms with Crippen molar-refractivity contribution in [2.45, 2.75) is 38.7 Å². The van der Waals surface area contributed by atoms with Crippen molar-refractivity contribution in [3.63, 3.8) is 0 Å². The molecule has 0 saturated heterocycles. The number of esters is 1. The van der Waals surface area contributed by atoms with Gasteiger partial charge in [0.2, 0.25) is 6.17 Å². The summed E-state index contributed by atoms with van der Waals surface area (Å²) in [4.78, 5) is 10.9. The molecule has 0 bridgehead atoms. The monoisotopic (exact) mass is 228 g/mol. The third kappa shape index (κ3) is 3.89. The van der Waals surface area contributed by atoms with E-state index >= 15 is 0 Å². The quantitative estimate of drug-likeness (QED) is 0.422. The van der Waals surface area contributed by atoms with Gasteiger partial charge in [0.25, 0.3) is 0 Å². The van der Waals surface area contributed by atoms with Gasteiger partial charge < -0.3 is 4.74 Å². The second-order valence-corrected chi connectivity index (χ2v) is 3.68. The summed E-state index contributed by atoms with van der Waals surface area (Å²) in [6, 6.07) is 0. The van der Waals surface area contributed by atoms with E-state index in [9.17, 15) is 22.4 Å². The maximum Gasteiger partial charge on any atom is 0.423 e. The summed E-state index contributed by atoms with van der Waals surface area (Å²) in [6.45, 7) is 6.15. The van der Waals surface area contributed by atoms with Crippen LogP contribution >= 0.6 is 0 Å². The van der Waals surface area contributed by atoms with Crippen molar-refractivity contribution in [2.75, 3.05) is 0 Å². The molecule has 0 N–H and O–H groups in total. The molecule has 0 saturated carbocycles. The molecule has 0 aromatic carbocycles. The topological polar surface area (TPSA) is 26.3 Å². The zero-order valence-corrected chi connectivity index (χ0v) is 8.61. The Morgan fingerprint density at radius 3 is 2.00 bits per heavy atom. The molecule has 0 aliphatic heterocycles. The number of hydrogen-bond acceptors (Lipinski definition) is 2. The second kappa shape index (κ2) is 4.20. The summed E-state index contributed by atoms with van der Waals surface area (Å²) in [5.74, 6) is -1.05. The van der Waals surface area contributed by atoms with Gasteiger partial charge >= 0.3 is 12.1 Å². The van der Waals surface area contributed by atoms with Crippen LogP contribution in [0.5, 0.6) is 0 Å². The van der Waals surface area contributed by atoms with E-state index in [1.165, 1.54) is 6.92 Å². The molecule has 88 valence electrons. The van der Waals surface area contributed by atoms with Crippen molar-refractivity contribution < 1.29 is 27.1 Å². The van der Waals surface area contributed by atoms with Crippen LogP contribution in [0, 0.1) is 0 Å². The lowest BCUT2D eigenvalue weighted by Gasteiger charge is -2.29. The Bertz CT molecular complexity index is 268. The lowest BCUT2D eigenvalue weighted by molar-refractivity contribution is -0.231. The molecule has 0 spiro atoms. The van der Waals surface area contributed by atoms with Gasteiger partial charge in [0.1, 0.15) is 5.60 Å². The van der Waals surface area contributed by atoms with Crippen LogP contribution in [0.1, 0.15) is 20.8 Å². The Balaban J connectivity index is 4.69. The van der Waals surface area contributed by atoms with Gasteiger partial charge in [0.05, 0.1) is 0 Å². The SMILES string of the molecule is C=C(C)C(=O)OC(C)(C)C(F)C(F)(F)F. The minimum absolute atomic E-state index is 0.0857. The van der Waals surface area contributed by atoms with Crippen LogP contribution in [-0.2, 0) is 9.53 Å². The molecule has 2 nitrogen and oxygen atoms in total. The highest BCUT2D eigenvalue weighted by atomic mass is 19.4. The van der Waals surface area contributed by atoms with Crippen molar-refractivity contribution >= 4 is 5.97 Å². The normalized spacial score (nSPS) is 14.6. The van der Waals surface area contributed by atoms with Crippen LogP contribution in [0.3, 0.4) is 0 Å². The average Bonchev–Trinajstić information content (AvgIpc) is 2.00. The molecular formula is C9H12F4O2. The average molecular weight is 228 g/mol. The third-order valence-electron chi connectivity index (χ3n) is 1.60. The molecular weight excluding hydrogens is 216 g/mol. The van der Waals surface area contributed by atoms with E-state index in [-0.39, 0.29) is 5.57 Å². The van der Waals surface area contributed by atoms with Crippen molar-refractivity contribution in [3.8, 4) is 0 Å². The Morgan fingerprint density at radius 2 is 1.73 bits per heavy atom. The lowest BCUT2D eigenvalue weighted by Crippen LogP contribution is -2.46. The summed E-state index contributed by atoms with van der Waals surface area (Å²) < 4.78 is 53.3. The number of ether oxygens (including phenoxy) is 1. The van der Waals surface area contributed by atoms with Gasteiger partial charge in [-0.15, -0.1) is 0 Å². The van der Waals surface area contributed by atoms with Crippen LogP contribution in [0.25, 0.3) is 0 Å². The minimum atomic E-state index is -5.06. The predicted molar refractivity (Wildman–Crippen MR) is 45.9 cm³/mol. The molecule has 0 heterocycles. The highest BCUT2D eigenvalue weighted by molar-refractivity contribution is 5.87. The molecule has 1 atom stereocenters. The zero-order chi connectivity index (χ0) is 12.4. The first kappa shape index (κ1) is 13.9. The fourth-order valence-corrected chi connectivity index (χ4v) is 0.772. The molecule has 0 aromatic heterocycles. The van der Waals surface area contributed by atoms with Crippen LogP contribution in [-0.4, -0.2) is 23.9 Å². The smallest absolute Gasteiger partial charge is 0.423 e. The van der Waals surface area contributed by atoms with Gasteiger partial charge in [0, 0.05) is 5.57 Å². The fraction of sp³-hybridized carbons (Fsp3) is 0.667. The standard InChI is InChI=1S/C9H12F4O2/c1-5(2)6(14)15-8(3,4)7(10)9(11,12)13/h7H,1H2,2-4H3. The summed E-state index contributed by atoms with van der Waals surface area (Å²) >= 11 is 0. The first-order valence-electron chi connectivity index (χ1n) is 4.08. The molecule has 0 aromatic rings. The summed E-state index contributed by atoms with van der Waals surface area (Å²) in [7, 11) is 0. The molecule has 6 heteroatoms. The number of rotatable bonds is 3. The maximum atomic E-state index is 12.9.